The first kappa shape index (κ1) is 14.3. The fourth-order valence-electron chi connectivity index (χ4n) is 2.57. The molecule has 0 spiro atoms. The van der Waals surface area contributed by atoms with Crippen molar-refractivity contribution in [3.8, 4) is 5.75 Å². The topological polar surface area (TPSA) is 77.8 Å². The molecule has 0 bridgehead atoms. The van der Waals surface area contributed by atoms with Crippen LogP contribution in [0.2, 0.25) is 0 Å². The first-order valence-corrected chi connectivity index (χ1v) is 6.25. The van der Waals surface area contributed by atoms with Gasteiger partial charge in [0.15, 0.2) is 5.75 Å². The van der Waals surface area contributed by atoms with Crippen molar-refractivity contribution in [1.29, 1.82) is 0 Å². The van der Waals surface area contributed by atoms with E-state index in [0.29, 0.717) is 13.0 Å². The maximum absolute atomic E-state index is 12.1. The highest BCUT2D eigenvalue weighted by atomic mass is 16.6. The van der Waals surface area contributed by atoms with Gasteiger partial charge in [-0.05, 0) is 25.0 Å². The van der Waals surface area contributed by atoms with Gasteiger partial charge in [-0.15, -0.1) is 0 Å². The second kappa shape index (κ2) is 5.13. The van der Waals surface area contributed by atoms with Crippen LogP contribution in [0.5, 0.6) is 5.75 Å². The number of pyridine rings is 1. The Morgan fingerprint density at radius 1 is 1.55 bits per heavy atom. The van der Waals surface area contributed by atoms with Crippen LogP contribution in [0, 0.1) is 0 Å². The monoisotopic (exact) mass is 279 g/mol. The van der Waals surface area contributed by atoms with E-state index in [-0.39, 0.29) is 5.56 Å². The summed E-state index contributed by atoms with van der Waals surface area (Å²) in [6.45, 7) is 4.13. The molecule has 0 fully saturated rings. The van der Waals surface area contributed by atoms with Gasteiger partial charge in [-0.2, -0.15) is 0 Å². The second-order valence-electron chi connectivity index (χ2n) is 4.59. The summed E-state index contributed by atoms with van der Waals surface area (Å²) in [5.74, 6) is -1.25. The Balaban J connectivity index is 2.73. The van der Waals surface area contributed by atoms with E-state index in [0.717, 1.165) is 12.1 Å². The number of aryl methyl sites for hydroxylation is 1. The summed E-state index contributed by atoms with van der Waals surface area (Å²) in [7, 11) is 2.50. The van der Waals surface area contributed by atoms with E-state index in [1.807, 2.05) is 0 Å². The van der Waals surface area contributed by atoms with Gasteiger partial charge in [-0.25, -0.2) is 4.79 Å². The summed E-state index contributed by atoms with van der Waals surface area (Å²) in [5, 5.41) is 10.1. The zero-order chi connectivity index (χ0) is 14.9. The Labute approximate surface area is 116 Å². The lowest BCUT2D eigenvalue weighted by molar-refractivity contribution is -0.161. The van der Waals surface area contributed by atoms with Gasteiger partial charge in [0, 0.05) is 24.9 Å². The molecule has 0 saturated heterocycles. The van der Waals surface area contributed by atoms with E-state index in [4.69, 9.17) is 9.47 Å². The Morgan fingerprint density at radius 3 is 2.80 bits per heavy atom. The van der Waals surface area contributed by atoms with Crippen molar-refractivity contribution in [2.45, 2.75) is 25.0 Å². The minimum absolute atomic E-state index is 0.0694. The summed E-state index contributed by atoms with van der Waals surface area (Å²) in [5.41, 5.74) is -1.38. The number of aromatic hydroxyl groups is 1. The average molecular weight is 279 g/mol. The molecule has 6 nitrogen and oxygen atoms in total. The van der Waals surface area contributed by atoms with Gasteiger partial charge in [-0.3, -0.25) is 4.79 Å². The third-order valence-electron chi connectivity index (χ3n) is 3.67. The van der Waals surface area contributed by atoms with Crippen molar-refractivity contribution in [2.75, 3.05) is 14.2 Å². The maximum Gasteiger partial charge on any atom is 0.347 e. The van der Waals surface area contributed by atoms with E-state index in [1.165, 1.54) is 24.9 Å². The van der Waals surface area contributed by atoms with E-state index < -0.39 is 22.9 Å². The summed E-state index contributed by atoms with van der Waals surface area (Å²) in [6.07, 6.45) is 2.75. The molecule has 108 valence electrons. The number of esters is 1. The van der Waals surface area contributed by atoms with E-state index in [2.05, 4.69) is 6.58 Å². The number of fused-ring (bicyclic) bond motifs is 1. The summed E-state index contributed by atoms with van der Waals surface area (Å²) >= 11 is 0. The van der Waals surface area contributed by atoms with Crippen LogP contribution in [0.25, 0.3) is 0 Å². The van der Waals surface area contributed by atoms with E-state index in [1.54, 1.807) is 6.07 Å². The third kappa shape index (κ3) is 1.84. The van der Waals surface area contributed by atoms with Crippen LogP contribution in [-0.4, -0.2) is 29.9 Å². The highest BCUT2D eigenvalue weighted by molar-refractivity contribution is 5.84. The van der Waals surface area contributed by atoms with Crippen LogP contribution in [-0.2, 0) is 32.8 Å². The van der Waals surface area contributed by atoms with Gasteiger partial charge in [0.1, 0.15) is 0 Å². The van der Waals surface area contributed by atoms with Crippen LogP contribution in [0.1, 0.15) is 17.7 Å². The Hall–Kier alpha value is -2.08. The molecule has 2 rings (SSSR count). The fraction of sp³-hybridized carbons (Fsp3) is 0.429. The average Bonchev–Trinajstić information content (AvgIpc) is 2.94. The molecule has 1 unspecified atom stereocenters. The number of methoxy groups -OCH3 is 2. The normalized spacial score (nSPS) is 16.3. The van der Waals surface area contributed by atoms with E-state index >= 15 is 0 Å². The first-order chi connectivity index (χ1) is 9.51. The molecule has 0 radical (unpaired) electrons. The number of hydrogen-bond acceptors (Lipinski definition) is 5. The van der Waals surface area contributed by atoms with Crippen molar-refractivity contribution in [3.05, 3.63) is 40.3 Å². The molecule has 0 saturated carbocycles. The quantitative estimate of drug-likeness (QED) is 0.648. The summed E-state index contributed by atoms with van der Waals surface area (Å²) in [4.78, 5) is 24.2. The maximum atomic E-state index is 12.1. The van der Waals surface area contributed by atoms with Crippen molar-refractivity contribution in [3.63, 3.8) is 0 Å². The standard InChI is InChI=1S/C14H17NO5/c1-4-14(20-3,13(18)19-2)10-8-9-6-5-7-15(9)12(17)11(10)16/h4,8,16H,1,5-7H2,2-3H3. The number of ether oxygens (including phenoxy) is 2. The largest absolute Gasteiger partial charge is 0.503 e. The predicted octanol–water partition coefficient (Wildman–Crippen LogP) is 0.701. The molecule has 6 heteroatoms. The summed E-state index contributed by atoms with van der Waals surface area (Å²) < 4.78 is 11.4. The molecule has 0 aliphatic carbocycles. The van der Waals surface area contributed by atoms with Crippen LogP contribution in [0.3, 0.4) is 0 Å². The van der Waals surface area contributed by atoms with Gasteiger partial charge in [-0.1, -0.05) is 6.58 Å². The van der Waals surface area contributed by atoms with Crippen LogP contribution < -0.4 is 5.56 Å². The number of carbonyl (C=O) groups is 1. The Morgan fingerprint density at radius 2 is 2.25 bits per heavy atom. The van der Waals surface area contributed by atoms with Gasteiger partial charge >= 0.3 is 5.97 Å². The molecule has 1 atom stereocenters. The molecule has 1 aliphatic heterocycles. The fourth-order valence-corrected chi connectivity index (χ4v) is 2.57. The molecular weight excluding hydrogens is 262 g/mol. The van der Waals surface area contributed by atoms with Gasteiger partial charge in [0.25, 0.3) is 5.56 Å². The van der Waals surface area contributed by atoms with Crippen molar-refractivity contribution in [1.82, 2.24) is 4.57 Å². The lowest BCUT2D eigenvalue weighted by Crippen LogP contribution is -2.38. The summed E-state index contributed by atoms with van der Waals surface area (Å²) in [6, 6.07) is 1.60. The molecule has 0 amide bonds. The van der Waals surface area contributed by atoms with Crippen molar-refractivity contribution >= 4 is 5.97 Å². The van der Waals surface area contributed by atoms with Gasteiger partial charge in [0.2, 0.25) is 5.60 Å². The molecule has 20 heavy (non-hydrogen) atoms. The molecule has 1 aromatic heterocycles. The number of rotatable bonds is 4. The molecule has 2 heterocycles. The lowest BCUT2D eigenvalue weighted by Gasteiger charge is -2.27. The van der Waals surface area contributed by atoms with Crippen LogP contribution in [0.15, 0.2) is 23.5 Å². The highest BCUT2D eigenvalue weighted by Gasteiger charge is 2.42. The van der Waals surface area contributed by atoms with Gasteiger partial charge < -0.3 is 19.1 Å². The lowest BCUT2D eigenvalue weighted by atomic mass is 9.92. The number of nitrogens with zero attached hydrogens (tertiary/aromatic N) is 1. The third-order valence-corrected chi connectivity index (χ3v) is 3.67. The second-order valence-corrected chi connectivity index (χ2v) is 4.59. The molecule has 1 aliphatic rings. The zero-order valence-electron chi connectivity index (χ0n) is 11.5. The SMILES string of the molecule is C=CC(OC)(C(=O)OC)c1cc2n(c(=O)c1O)CCC2. The van der Waals surface area contributed by atoms with Crippen LogP contribution >= 0.6 is 0 Å². The molecular formula is C14H17NO5. The van der Waals surface area contributed by atoms with Crippen LogP contribution in [0.4, 0.5) is 0 Å². The number of hydrogen-bond donors (Lipinski definition) is 1. The van der Waals surface area contributed by atoms with Crippen molar-refractivity contribution < 1.29 is 19.4 Å². The molecule has 0 aromatic carbocycles. The minimum Gasteiger partial charge on any atom is -0.503 e. The predicted molar refractivity (Wildman–Crippen MR) is 71.6 cm³/mol. The Kier molecular flexibility index (Phi) is 3.67. The van der Waals surface area contributed by atoms with Gasteiger partial charge in [0.05, 0.1) is 7.11 Å². The zero-order valence-corrected chi connectivity index (χ0v) is 11.5. The Bertz CT molecular complexity index is 619. The minimum atomic E-state index is -1.68. The molecule has 1 aromatic rings. The number of aromatic nitrogens is 1. The highest BCUT2D eigenvalue weighted by Crippen LogP contribution is 2.34. The molecule has 1 N–H and O–H groups in total. The number of carbonyl (C=O) groups excluding carboxylic acids is 1. The van der Waals surface area contributed by atoms with E-state index in [9.17, 15) is 14.7 Å². The van der Waals surface area contributed by atoms with Crippen molar-refractivity contribution in [2.24, 2.45) is 0 Å². The smallest absolute Gasteiger partial charge is 0.347 e. The first-order valence-electron chi connectivity index (χ1n) is 6.25.